The fourth-order valence-corrected chi connectivity index (χ4v) is 1.88. The molecule has 1 aromatic rings. The molecule has 1 saturated carbocycles. The van der Waals surface area contributed by atoms with E-state index in [9.17, 15) is 4.39 Å². The van der Waals surface area contributed by atoms with Crippen LogP contribution in [-0.2, 0) is 6.54 Å². The molecular weight excluding hydrogens is 265 g/mol. The minimum Gasteiger partial charge on any atom is -0.489 e. The van der Waals surface area contributed by atoms with Crippen LogP contribution in [0.4, 0.5) is 4.39 Å². The van der Waals surface area contributed by atoms with Crippen molar-refractivity contribution in [2.75, 3.05) is 0 Å². The topological polar surface area (TPSA) is 41.5 Å². The summed E-state index contributed by atoms with van der Waals surface area (Å²) >= 11 is 3.25. The number of hydrogen-bond donors (Lipinski definition) is 2. The zero-order chi connectivity index (χ0) is 10.8. The molecule has 1 fully saturated rings. The Morgan fingerprint density at radius 3 is 2.87 bits per heavy atom. The van der Waals surface area contributed by atoms with Crippen LogP contribution in [0.2, 0.25) is 0 Å². The lowest BCUT2D eigenvalue weighted by Gasteiger charge is -2.12. The van der Waals surface area contributed by atoms with Crippen LogP contribution in [0.5, 0.6) is 5.75 Å². The van der Waals surface area contributed by atoms with Crippen LogP contribution in [0.15, 0.2) is 16.6 Å². The SMILES string of the molecule is ONCc1cc(F)cc(Br)c1OC1CC1. The van der Waals surface area contributed by atoms with Gasteiger partial charge in [0.2, 0.25) is 0 Å². The molecule has 0 heterocycles. The third-order valence-corrected chi connectivity index (χ3v) is 2.75. The fraction of sp³-hybridized carbons (Fsp3) is 0.400. The molecule has 0 amide bonds. The van der Waals surface area contributed by atoms with Gasteiger partial charge < -0.3 is 9.94 Å². The molecule has 15 heavy (non-hydrogen) atoms. The van der Waals surface area contributed by atoms with E-state index in [-0.39, 0.29) is 18.5 Å². The minimum absolute atomic E-state index is 0.165. The quantitative estimate of drug-likeness (QED) is 0.830. The molecule has 0 aromatic heterocycles. The standard InChI is InChI=1S/C10H11BrFNO2/c11-9-4-7(12)3-6(5-13-14)10(9)15-8-1-2-8/h3-4,8,13-14H,1-2,5H2. The molecular formula is C10H11BrFNO2. The van der Waals surface area contributed by atoms with Crippen molar-refractivity contribution in [2.45, 2.75) is 25.5 Å². The molecule has 1 aromatic carbocycles. The Bertz CT molecular complexity index is 369. The van der Waals surface area contributed by atoms with E-state index in [0.29, 0.717) is 15.8 Å². The second kappa shape index (κ2) is 4.47. The van der Waals surface area contributed by atoms with Crippen LogP contribution in [0, 0.1) is 5.82 Å². The van der Waals surface area contributed by atoms with E-state index in [0.717, 1.165) is 12.8 Å². The van der Waals surface area contributed by atoms with E-state index < -0.39 is 0 Å². The molecule has 2 rings (SSSR count). The maximum Gasteiger partial charge on any atom is 0.138 e. The van der Waals surface area contributed by atoms with E-state index in [1.54, 1.807) is 0 Å². The Morgan fingerprint density at radius 2 is 2.27 bits per heavy atom. The van der Waals surface area contributed by atoms with E-state index in [2.05, 4.69) is 15.9 Å². The number of ether oxygens (including phenoxy) is 1. The Labute approximate surface area is 95.3 Å². The number of rotatable bonds is 4. The summed E-state index contributed by atoms with van der Waals surface area (Å²) in [5, 5.41) is 8.63. The normalized spacial score (nSPS) is 15.4. The first-order valence-electron chi connectivity index (χ1n) is 4.72. The molecule has 0 unspecified atom stereocenters. The van der Waals surface area contributed by atoms with Crippen LogP contribution in [0.25, 0.3) is 0 Å². The Kier molecular flexibility index (Phi) is 3.23. The second-order valence-corrected chi connectivity index (χ2v) is 4.38. The fourth-order valence-electron chi connectivity index (χ4n) is 1.31. The van der Waals surface area contributed by atoms with Gasteiger partial charge in [0.25, 0.3) is 0 Å². The Hall–Kier alpha value is -0.650. The summed E-state index contributed by atoms with van der Waals surface area (Å²) < 4.78 is 19.3. The van der Waals surface area contributed by atoms with Gasteiger partial charge in [0, 0.05) is 12.1 Å². The van der Waals surface area contributed by atoms with Crippen molar-refractivity contribution in [2.24, 2.45) is 0 Å². The smallest absolute Gasteiger partial charge is 0.138 e. The van der Waals surface area contributed by atoms with E-state index in [4.69, 9.17) is 9.94 Å². The van der Waals surface area contributed by atoms with Crippen molar-refractivity contribution in [3.8, 4) is 5.75 Å². The van der Waals surface area contributed by atoms with Gasteiger partial charge in [-0.1, -0.05) is 0 Å². The Balaban J connectivity index is 2.29. The summed E-state index contributed by atoms with van der Waals surface area (Å²) in [6.45, 7) is 0.165. The summed E-state index contributed by atoms with van der Waals surface area (Å²) in [6.07, 6.45) is 2.32. The monoisotopic (exact) mass is 275 g/mol. The van der Waals surface area contributed by atoms with Crippen molar-refractivity contribution in [1.29, 1.82) is 0 Å². The first kappa shape index (κ1) is 10.9. The van der Waals surface area contributed by atoms with Crippen molar-refractivity contribution in [1.82, 2.24) is 5.48 Å². The molecule has 0 bridgehead atoms. The highest BCUT2D eigenvalue weighted by Gasteiger charge is 2.25. The predicted octanol–water partition coefficient (Wildman–Crippen LogP) is 2.61. The highest BCUT2D eigenvalue weighted by molar-refractivity contribution is 9.10. The van der Waals surface area contributed by atoms with Crippen molar-refractivity contribution < 1.29 is 14.3 Å². The van der Waals surface area contributed by atoms with Crippen LogP contribution >= 0.6 is 15.9 Å². The number of nitrogens with one attached hydrogen (secondary N) is 1. The Morgan fingerprint density at radius 1 is 1.53 bits per heavy atom. The zero-order valence-corrected chi connectivity index (χ0v) is 9.55. The average molecular weight is 276 g/mol. The van der Waals surface area contributed by atoms with E-state index in [1.807, 2.05) is 5.48 Å². The molecule has 1 aliphatic rings. The van der Waals surface area contributed by atoms with Crippen LogP contribution in [0.3, 0.4) is 0 Å². The summed E-state index contributed by atoms with van der Waals surface area (Å²) in [6, 6.07) is 2.71. The molecule has 3 nitrogen and oxygen atoms in total. The minimum atomic E-state index is -0.352. The highest BCUT2D eigenvalue weighted by Crippen LogP contribution is 2.35. The first-order valence-corrected chi connectivity index (χ1v) is 5.51. The molecule has 1 aliphatic carbocycles. The second-order valence-electron chi connectivity index (χ2n) is 3.53. The van der Waals surface area contributed by atoms with E-state index >= 15 is 0 Å². The third-order valence-electron chi connectivity index (χ3n) is 2.16. The number of halogens is 2. The molecule has 0 spiro atoms. The molecule has 82 valence electrons. The van der Waals surface area contributed by atoms with Gasteiger partial charge in [0.05, 0.1) is 10.6 Å². The summed E-state index contributed by atoms with van der Waals surface area (Å²) in [5.74, 6) is 0.260. The predicted molar refractivity (Wildman–Crippen MR) is 56.4 cm³/mol. The summed E-state index contributed by atoms with van der Waals surface area (Å²) in [4.78, 5) is 0. The van der Waals surface area contributed by atoms with Gasteiger partial charge in [0.1, 0.15) is 11.6 Å². The number of hydrogen-bond acceptors (Lipinski definition) is 3. The van der Waals surface area contributed by atoms with Gasteiger partial charge in [-0.3, -0.25) is 0 Å². The van der Waals surface area contributed by atoms with Crippen molar-refractivity contribution in [3.05, 3.63) is 28.0 Å². The van der Waals surface area contributed by atoms with Gasteiger partial charge in [-0.05, 0) is 40.9 Å². The van der Waals surface area contributed by atoms with Crippen LogP contribution in [0.1, 0.15) is 18.4 Å². The van der Waals surface area contributed by atoms with E-state index in [1.165, 1.54) is 12.1 Å². The van der Waals surface area contributed by atoms with Gasteiger partial charge in [-0.15, -0.1) is 0 Å². The average Bonchev–Trinajstić information content (AvgIpc) is 2.95. The maximum atomic E-state index is 13.1. The van der Waals surface area contributed by atoms with Crippen molar-refractivity contribution in [3.63, 3.8) is 0 Å². The molecule has 0 radical (unpaired) electrons. The molecule has 2 N–H and O–H groups in total. The largest absolute Gasteiger partial charge is 0.489 e. The summed E-state index contributed by atoms with van der Waals surface area (Å²) in [7, 11) is 0. The lowest BCUT2D eigenvalue weighted by atomic mass is 10.2. The lowest BCUT2D eigenvalue weighted by molar-refractivity contribution is 0.159. The lowest BCUT2D eigenvalue weighted by Crippen LogP contribution is -2.10. The van der Waals surface area contributed by atoms with Gasteiger partial charge in [-0.2, -0.15) is 0 Å². The van der Waals surface area contributed by atoms with Gasteiger partial charge in [0.15, 0.2) is 0 Å². The number of benzene rings is 1. The van der Waals surface area contributed by atoms with Gasteiger partial charge in [-0.25, -0.2) is 9.87 Å². The first-order chi connectivity index (χ1) is 7.20. The van der Waals surface area contributed by atoms with Gasteiger partial charge >= 0.3 is 0 Å². The molecule has 0 atom stereocenters. The molecule has 0 saturated heterocycles. The zero-order valence-electron chi connectivity index (χ0n) is 7.96. The molecule has 5 heteroatoms. The third kappa shape index (κ3) is 2.68. The van der Waals surface area contributed by atoms with Crippen LogP contribution in [-0.4, -0.2) is 11.3 Å². The maximum absolute atomic E-state index is 13.1. The highest BCUT2D eigenvalue weighted by atomic mass is 79.9. The van der Waals surface area contributed by atoms with Crippen LogP contribution < -0.4 is 10.2 Å². The summed E-state index contributed by atoms with van der Waals surface area (Å²) in [5.41, 5.74) is 2.61. The van der Waals surface area contributed by atoms with Crippen molar-refractivity contribution >= 4 is 15.9 Å². The molecule has 0 aliphatic heterocycles. The number of hydroxylamine groups is 1.